The summed E-state index contributed by atoms with van der Waals surface area (Å²) in [7, 11) is -3.18. The second-order valence-corrected chi connectivity index (χ2v) is 6.73. The van der Waals surface area contributed by atoms with Crippen molar-refractivity contribution in [3.63, 3.8) is 0 Å². The number of rotatable bonds is 7. The number of allylic oxidation sites excluding steroid dienone is 1. The van der Waals surface area contributed by atoms with Crippen LogP contribution in [0.25, 0.3) is 0 Å². The second-order valence-electron chi connectivity index (χ2n) is 4.63. The van der Waals surface area contributed by atoms with Gasteiger partial charge in [0.1, 0.15) is 0 Å². The van der Waals surface area contributed by atoms with E-state index < -0.39 is 13.7 Å². The average molecular weight is 334 g/mol. The molecule has 126 valence electrons. The number of hydrogen-bond acceptors (Lipinski definition) is 5. The molecule has 1 N–H and O–H groups in total. The lowest BCUT2D eigenvalue weighted by molar-refractivity contribution is -0.127. The van der Waals surface area contributed by atoms with Gasteiger partial charge in [-0.1, -0.05) is 6.08 Å². The molecule has 1 fully saturated rings. The van der Waals surface area contributed by atoms with Crippen LogP contribution in [0.15, 0.2) is 12.2 Å². The third-order valence-electron chi connectivity index (χ3n) is 3.10. The number of carbonyl (C=O) groups excluding carboxylic acids is 1. The van der Waals surface area contributed by atoms with Gasteiger partial charge in [0, 0.05) is 26.2 Å². The predicted octanol–water partition coefficient (Wildman–Crippen LogP) is 1.63. The van der Waals surface area contributed by atoms with Crippen molar-refractivity contribution in [3.05, 3.63) is 12.2 Å². The van der Waals surface area contributed by atoms with Gasteiger partial charge < -0.3 is 24.0 Å². The van der Waals surface area contributed by atoms with Gasteiger partial charge in [-0.2, -0.15) is 0 Å². The fourth-order valence-corrected chi connectivity index (χ4v) is 3.48. The van der Waals surface area contributed by atoms with E-state index in [1.54, 1.807) is 18.7 Å². The number of amides is 2. The van der Waals surface area contributed by atoms with Gasteiger partial charge in [0.2, 0.25) is 5.91 Å². The molecule has 2 amide bonds. The van der Waals surface area contributed by atoms with Crippen LogP contribution in [-0.2, 0) is 18.4 Å². The Balaban J connectivity index is 2.47. The SMILES string of the molecule is CCOP(=O)(C/C=C/C(=O)N1CCN(C(=O)O)CC1)OCC. The molecule has 0 unspecified atom stereocenters. The fourth-order valence-electron chi connectivity index (χ4n) is 2.04. The monoisotopic (exact) mass is 334 g/mol. The largest absolute Gasteiger partial charge is 0.465 e. The molecule has 0 aromatic heterocycles. The third-order valence-corrected chi connectivity index (χ3v) is 5.06. The van der Waals surface area contributed by atoms with Gasteiger partial charge in [-0.05, 0) is 19.9 Å². The van der Waals surface area contributed by atoms with Crippen molar-refractivity contribution in [2.24, 2.45) is 0 Å². The molecule has 1 aliphatic heterocycles. The summed E-state index contributed by atoms with van der Waals surface area (Å²) < 4.78 is 22.4. The number of piperazine rings is 1. The van der Waals surface area contributed by atoms with Gasteiger partial charge in [-0.3, -0.25) is 9.36 Å². The van der Waals surface area contributed by atoms with E-state index in [1.165, 1.54) is 17.1 Å². The zero-order chi connectivity index (χ0) is 16.6. The van der Waals surface area contributed by atoms with Crippen molar-refractivity contribution in [2.45, 2.75) is 13.8 Å². The molecule has 0 bridgehead atoms. The minimum atomic E-state index is -3.18. The van der Waals surface area contributed by atoms with Crippen molar-refractivity contribution >= 4 is 19.6 Å². The van der Waals surface area contributed by atoms with E-state index >= 15 is 0 Å². The van der Waals surface area contributed by atoms with Gasteiger partial charge in [-0.15, -0.1) is 0 Å². The molecule has 0 aliphatic carbocycles. The topological polar surface area (TPSA) is 96.4 Å². The molecule has 9 heteroatoms. The van der Waals surface area contributed by atoms with E-state index in [9.17, 15) is 14.2 Å². The van der Waals surface area contributed by atoms with Gasteiger partial charge in [0.15, 0.2) is 0 Å². The highest BCUT2D eigenvalue weighted by atomic mass is 31.2. The molecular formula is C13H23N2O6P. The van der Waals surface area contributed by atoms with Crippen molar-refractivity contribution in [1.82, 2.24) is 9.80 Å². The van der Waals surface area contributed by atoms with Crippen molar-refractivity contribution in [1.29, 1.82) is 0 Å². The molecule has 1 rings (SSSR count). The Hall–Kier alpha value is -1.37. The van der Waals surface area contributed by atoms with Crippen LogP contribution in [0, 0.1) is 0 Å². The lowest BCUT2D eigenvalue weighted by atomic mass is 10.3. The summed E-state index contributed by atoms with van der Waals surface area (Å²) in [6, 6.07) is 0. The molecule has 1 aliphatic rings. The molecule has 0 aromatic carbocycles. The van der Waals surface area contributed by atoms with Crippen molar-refractivity contribution < 1.29 is 28.3 Å². The second kappa shape index (κ2) is 8.92. The zero-order valence-corrected chi connectivity index (χ0v) is 13.8. The number of nitrogens with zero attached hydrogens (tertiary/aromatic N) is 2. The Morgan fingerprint density at radius 2 is 1.59 bits per heavy atom. The Morgan fingerprint density at radius 1 is 1.09 bits per heavy atom. The molecule has 0 spiro atoms. The molecule has 8 nitrogen and oxygen atoms in total. The van der Waals surface area contributed by atoms with E-state index in [2.05, 4.69) is 0 Å². The third kappa shape index (κ3) is 5.79. The maximum Gasteiger partial charge on any atom is 0.407 e. The van der Waals surface area contributed by atoms with Crippen LogP contribution in [0.2, 0.25) is 0 Å². The van der Waals surface area contributed by atoms with Crippen LogP contribution in [-0.4, -0.2) is 72.5 Å². The average Bonchev–Trinajstić information content (AvgIpc) is 2.47. The van der Waals surface area contributed by atoms with Gasteiger partial charge in [-0.25, -0.2) is 4.79 Å². The van der Waals surface area contributed by atoms with E-state index in [4.69, 9.17) is 14.2 Å². The van der Waals surface area contributed by atoms with E-state index in [1.807, 2.05) is 0 Å². The highest BCUT2D eigenvalue weighted by Gasteiger charge is 2.24. The molecule has 0 atom stereocenters. The van der Waals surface area contributed by atoms with Crippen molar-refractivity contribution in [2.75, 3.05) is 45.6 Å². The van der Waals surface area contributed by atoms with Crippen molar-refractivity contribution in [3.8, 4) is 0 Å². The first-order chi connectivity index (χ1) is 10.4. The fraction of sp³-hybridized carbons (Fsp3) is 0.692. The van der Waals surface area contributed by atoms with Crippen LogP contribution in [0.3, 0.4) is 0 Å². The number of hydrogen-bond donors (Lipinski definition) is 1. The summed E-state index contributed by atoms with van der Waals surface area (Å²) in [4.78, 5) is 25.6. The first-order valence-electron chi connectivity index (χ1n) is 7.23. The Labute approximate surface area is 130 Å². The van der Waals surface area contributed by atoms with Crippen LogP contribution in [0.1, 0.15) is 13.8 Å². The summed E-state index contributed by atoms with van der Waals surface area (Å²) in [6.07, 6.45) is 1.88. The normalized spacial score (nSPS) is 16.3. The van der Waals surface area contributed by atoms with Crippen LogP contribution >= 0.6 is 7.60 Å². The lowest BCUT2D eigenvalue weighted by Crippen LogP contribution is -2.49. The summed E-state index contributed by atoms with van der Waals surface area (Å²) in [5.41, 5.74) is 0. The lowest BCUT2D eigenvalue weighted by Gasteiger charge is -2.32. The summed E-state index contributed by atoms with van der Waals surface area (Å²) >= 11 is 0. The van der Waals surface area contributed by atoms with Gasteiger partial charge >= 0.3 is 13.7 Å². The molecular weight excluding hydrogens is 311 g/mol. The van der Waals surface area contributed by atoms with E-state index in [0.29, 0.717) is 26.2 Å². The maximum absolute atomic E-state index is 12.2. The Bertz CT molecular complexity index is 449. The summed E-state index contributed by atoms with van der Waals surface area (Å²) in [5, 5.41) is 8.84. The zero-order valence-electron chi connectivity index (χ0n) is 12.9. The number of carboxylic acid groups (broad SMARTS) is 1. The summed E-state index contributed by atoms with van der Waals surface area (Å²) in [6.45, 7) is 5.29. The molecule has 22 heavy (non-hydrogen) atoms. The Kier molecular flexibility index (Phi) is 7.58. The first-order valence-corrected chi connectivity index (χ1v) is 8.96. The molecule has 0 saturated carbocycles. The minimum absolute atomic E-state index is 0.0372. The highest BCUT2D eigenvalue weighted by Crippen LogP contribution is 2.47. The minimum Gasteiger partial charge on any atom is -0.465 e. The predicted molar refractivity (Wildman–Crippen MR) is 81.0 cm³/mol. The van der Waals surface area contributed by atoms with Crippen LogP contribution in [0.4, 0.5) is 4.79 Å². The molecule has 1 heterocycles. The molecule has 0 aromatic rings. The molecule has 0 radical (unpaired) electrons. The van der Waals surface area contributed by atoms with Crippen LogP contribution in [0.5, 0.6) is 0 Å². The molecule has 1 saturated heterocycles. The summed E-state index contributed by atoms with van der Waals surface area (Å²) in [5.74, 6) is -0.232. The van der Waals surface area contributed by atoms with Gasteiger partial charge in [0.25, 0.3) is 0 Å². The van der Waals surface area contributed by atoms with Crippen LogP contribution < -0.4 is 0 Å². The maximum atomic E-state index is 12.2. The first kappa shape index (κ1) is 18.7. The Morgan fingerprint density at radius 3 is 2.05 bits per heavy atom. The van der Waals surface area contributed by atoms with E-state index in [-0.39, 0.29) is 25.3 Å². The standard InChI is InChI=1S/C13H23N2O6P/c1-3-20-22(19,21-4-2)11-5-6-12(16)14-7-9-15(10-8-14)13(17)18/h5-6H,3-4,7-11H2,1-2H3,(H,17,18)/b6-5+. The van der Waals surface area contributed by atoms with E-state index in [0.717, 1.165) is 0 Å². The number of carbonyl (C=O) groups is 2. The highest BCUT2D eigenvalue weighted by molar-refractivity contribution is 7.54. The smallest absolute Gasteiger partial charge is 0.407 e. The van der Waals surface area contributed by atoms with Gasteiger partial charge in [0.05, 0.1) is 19.4 Å². The quantitative estimate of drug-likeness (QED) is 0.561.